The molecule has 0 unspecified atom stereocenters. The second kappa shape index (κ2) is 4.25. The summed E-state index contributed by atoms with van der Waals surface area (Å²) < 4.78 is 6.23. The zero-order valence-corrected chi connectivity index (χ0v) is 10.8. The zero-order valence-electron chi connectivity index (χ0n) is 9.98. The van der Waals surface area contributed by atoms with Gasteiger partial charge in [0.1, 0.15) is 10.6 Å². The number of nitrogens with zero attached hydrogens (tertiary/aromatic N) is 1. The fourth-order valence-electron chi connectivity index (χ4n) is 1.67. The van der Waals surface area contributed by atoms with E-state index in [0.717, 1.165) is 10.1 Å². The maximum absolute atomic E-state index is 12.0. The van der Waals surface area contributed by atoms with Gasteiger partial charge in [-0.1, -0.05) is 6.07 Å². The molecule has 2 rings (SSSR count). The summed E-state index contributed by atoms with van der Waals surface area (Å²) in [6.07, 6.45) is 0. The largest absolute Gasteiger partial charge is 0.496 e. The van der Waals surface area contributed by atoms with Crippen LogP contribution in [0.4, 0.5) is 5.69 Å². The molecule has 0 spiro atoms. The Morgan fingerprint density at radius 1 is 1.41 bits per heavy atom. The second-order valence-corrected chi connectivity index (χ2v) is 4.93. The zero-order chi connectivity index (χ0) is 12.6. The smallest absolute Gasteiger partial charge is 0.265 e. The molecule has 0 fully saturated rings. The van der Waals surface area contributed by atoms with Gasteiger partial charge in [0.2, 0.25) is 0 Å². The van der Waals surface area contributed by atoms with Crippen LogP contribution in [0.2, 0.25) is 0 Å². The maximum Gasteiger partial charge on any atom is 0.265 e. The number of ether oxygens (including phenoxy) is 1. The van der Waals surface area contributed by atoms with Crippen molar-refractivity contribution in [1.29, 1.82) is 0 Å². The van der Waals surface area contributed by atoms with Gasteiger partial charge in [0.05, 0.1) is 18.2 Å². The molecule has 0 aliphatic carbocycles. The van der Waals surface area contributed by atoms with E-state index in [4.69, 9.17) is 10.5 Å². The molecule has 5 heteroatoms. The number of anilines is 1. The van der Waals surface area contributed by atoms with Crippen LogP contribution in [0.5, 0.6) is 5.75 Å². The van der Waals surface area contributed by atoms with Gasteiger partial charge in [-0.2, -0.15) is 0 Å². The van der Waals surface area contributed by atoms with Crippen LogP contribution in [-0.4, -0.2) is 32.0 Å². The summed E-state index contributed by atoms with van der Waals surface area (Å²) in [5, 5.41) is 0.824. The van der Waals surface area contributed by atoms with E-state index in [0.29, 0.717) is 16.3 Å². The van der Waals surface area contributed by atoms with Gasteiger partial charge < -0.3 is 15.4 Å². The van der Waals surface area contributed by atoms with E-state index < -0.39 is 0 Å². The number of carbonyl (C=O) groups excluding carboxylic acids is 1. The molecule has 0 radical (unpaired) electrons. The Morgan fingerprint density at radius 3 is 2.71 bits per heavy atom. The average Bonchev–Trinajstić information content (AvgIpc) is 2.65. The minimum atomic E-state index is -0.0780. The van der Waals surface area contributed by atoms with Crippen molar-refractivity contribution >= 4 is 33.0 Å². The normalized spacial score (nSPS) is 10.5. The SMILES string of the molecule is COc1cccc2sc(C(=O)N(C)C)c(N)c12. The lowest BCUT2D eigenvalue weighted by Gasteiger charge is -2.08. The van der Waals surface area contributed by atoms with Crippen LogP contribution in [-0.2, 0) is 0 Å². The van der Waals surface area contributed by atoms with Crippen molar-refractivity contribution in [2.45, 2.75) is 0 Å². The molecule has 4 nitrogen and oxygen atoms in total. The second-order valence-electron chi connectivity index (χ2n) is 3.88. The molecule has 1 heterocycles. The number of benzene rings is 1. The Morgan fingerprint density at radius 2 is 2.12 bits per heavy atom. The van der Waals surface area contributed by atoms with Gasteiger partial charge >= 0.3 is 0 Å². The molecule has 17 heavy (non-hydrogen) atoms. The Kier molecular flexibility index (Phi) is 2.93. The molecule has 1 aromatic heterocycles. The van der Waals surface area contributed by atoms with Crippen molar-refractivity contribution in [3.63, 3.8) is 0 Å². The summed E-state index contributed by atoms with van der Waals surface area (Å²) in [7, 11) is 5.02. The van der Waals surface area contributed by atoms with Crippen molar-refractivity contribution in [2.75, 3.05) is 26.9 Å². The number of carbonyl (C=O) groups is 1. The lowest BCUT2D eigenvalue weighted by molar-refractivity contribution is 0.0833. The number of hydrogen-bond donors (Lipinski definition) is 1. The van der Waals surface area contributed by atoms with E-state index in [1.54, 1.807) is 21.2 Å². The number of rotatable bonds is 2. The third-order valence-corrected chi connectivity index (χ3v) is 3.69. The fraction of sp³-hybridized carbons (Fsp3) is 0.250. The highest BCUT2D eigenvalue weighted by Crippen LogP contribution is 2.39. The number of nitrogens with two attached hydrogens (primary N) is 1. The first-order chi connectivity index (χ1) is 8.06. The summed E-state index contributed by atoms with van der Waals surface area (Å²) in [4.78, 5) is 14.0. The van der Waals surface area contributed by atoms with Gasteiger partial charge in [-0.3, -0.25) is 4.79 Å². The molecule has 1 amide bonds. The Balaban J connectivity index is 2.69. The van der Waals surface area contributed by atoms with Gasteiger partial charge in [0.15, 0.2) is 0 Å². The molecule has 2 N–H and O–H groups in total. The van der Waals surface area contributed by atoms with Gasteiger partial charge in [0.25, 0.3) is 5.91 Å². The van der Waals surface area contributed by atoms with Crippen LogP contribution in [0.25, 0.3) is 10.1 Å². The molecule has 0 aliphatic heterocycles. The predicted molar refractivity (Wildman–Crippen MR) is 70.8 cm³/mol. The highest BCUT2D eigenvalue weighted by Gasteiger charge is 2.19. The maximum atomic E-state index is 12.0. The van der Waals surface area contributed by atoms with Crippen molar-refractivity contribution in [2.24, 2.45) is 0 Å². The Hall–Kier alpha value is -1.75. The van der Waals surface area contributed by atoms with Crippen LogP contribution in [0.3, 0.4) is 0 Å². The molecule has 0 aliphatic rings. The van der Waals surface area contributed by atoms with Crippen LogP contribution in [0, 0.1) is 0 Å². The van der Waals surface area contributed by atoms with Crippen molar-refractivity contribution in [3.8, 4) is 5.75 Å². The molecule has 1 aromatic carbocycles. The van der Waals surface area contributed by atoms with E-state index in [2.05, 4.69) is 0 Å². The molecular weight excluding hydrogens is 236 g/mol. The minimum Gasteiger partial charge on any atom is -0.496 e. The van der Waals surface area contributed by atoms with E-state index in [1.165, 1.54) is 16.2 Å². The molecule has 0 saturated carbocycles. The highest BCUT2D eigenvalue weighted by molar-refractivity contribution is 7.21. The summed E-state index contributed by atoms with van der Waals surface area (Å²) in [5.41, 5.74) is 6.54. The van der Waals surface area contributed by atoms with E-state index >= 15 is 0 Å². The van der Waals surface area contributed by atoms with Gasteiger partial charge in [-0.05, 0) is 12.1 Å². The van der Waals surface area contributed by atoms with E-state index in [-0.39, 0.29) is 5.91 Å². The lowest BCUT2D eigenvalue weighted by Crippen LogP contribution is -2.21. The molecular formula is C12H14N2O2S. The first-order valence-corrected chi connectivity index (χ1v) is 5.94. The number of fused-ring (bicyclic) bond motifs is 1. The van der Waals surface area contributed by atoms with Crippen molar-refractivity contribution in [3.05, 3.63) is 23.1 Å². The fourth-order valence-corrected chi connectivity index (χ4v) is 2.83. The monoisotopic (exact) mass is 250 g/mol. The molecule has 0 bridgehead atoms. The Labute approximate surface area is 104 Å². The first kappa shape index (κ1) is 11.7. The number of hydrogen-bond acceptors (Lipinski definition) is 4. The standard InChI is InChI=1S/C12H14N2O2S/c1-14(2)12(15)11-10(13)9-7(16-3)5-4-6-8(9)17-11/h4-6H,13H2,1-3H3. The Bertz CT molecular complexity index is 575. The lowest BCUT2D eigenvalue weighted by atomic mass is 10.2. The summed E-state index contributed by atoms with van der Waals surface area (Å²) >= 11 is 1.39. The summed E-state index contributed by atoms with van der Waals surface area (Å²) in [6, 6.07) is 5.67. The number of thiophene rings is 1. The highest BCUT2D eigenvalue weighted by atomic mass is 32.1. The van der Waals surface area contributed by atoms with Crippen LogP contribution < -0.4 is 10.5 Å². The van der Waals surface area contributed by atoms with Gasteiger partial charge in [0, 0.05) is 18.8 Å². The first-order valence-electron chi connectivity index (χ1n) is 5.13. The molecule has 90 valence electrons. The summed E-state index contributed by atoms with van der Waals surface area (Å²) in [5.74, 6) is 0.625. The van der Waals surface area contributed by atoms with E-state index in [1.807, 2.05) is 18.2 Å². The predicted octanol–water partition coefficient (Wildman–Crippen LogP) is 2.19. The minimum absolute atomic E-state index is 0.0780. The quantitative estimate of drug-likeness (QED) is 0.889. The molecule has 2 aromatic rings. The molecule has 0 saturated heterocycles. The van der Waals surface area contributed by atoms with Crippen LogP contribution in [0.15, 0.2) is 18.2 Å². The number of nitrogen functional groups attached to an aromatic ring is 1. The van der Waals surface area contributed by atoms with Crippen molar-refractivity contribution in [1.82, 2.24) is 4.90 Å². The number of amides is 1. The third kappa shape index (κ3) is 1.82. The summed E-state index contributed by atoms with van der Waals surface area (Å²) in [6.45, 7) is 0. The topological polar surface area (TPSA) is 55.6 Å². The molecule has 0 atom stereocenters. The third-order valence-electron chi connectivity index (χ3n) is 2.53. The van der Waals surface area contributed by atoms with Crippen LogP contribution >= 0.6 is 11.3 Å². The van der Waals surface area contributed by atoms with Crippen LogP contribution in [0.1, 0.15) is 9.67 Å². The average molecular weight is 250 g/mol. The van der Waals surface area contributed by atoms with E-state index in [9.17, 15) is 4.79 Å². The van der Waals surface area contributed by atoms with Gasteiger partial charge in [-0.25, -0.2) is 0 Å². The van der Waals surface area contributed by atoms with Crippen molar-refractivity contribution < 1.29 is 9.53 Å². The number of methoxy groups -OCH3 is 1. The van der Waals surface area contributed by atoms with Gasteiger partial charge in [-0.15, -0.1) is 11.3 Å².